The first-order valence-electron chi connectivity index (χ1n) is 5.66. The van der Waals surface area contributed by atoms with E-state index < -0.39 is 6.04 Å². The van der Waals surface area contributed by atoms with E-state index in [0.29, 0.717) is 6.54 Å². The van der Waals surface area contributed by atoms with E-state index in [2.05, 4.69) is 0 Å². The Hall–Kier alpha value is -0.610. The zero-order chi connectivity index (χ0) is 11.6. The lowest BCUT2D eigenvalue weighted by molar-refractivity contribution is -0.132. The number of rotatable bonds is 3. The second-order valence-electron chi connectivity index (χ2n) is 4.84. The maximum absolute atomic E-state index is 11.9. The summed E-state index contributed by atoms with van der Waals surface area (Å²) >= 11 is 0. The number of nitrogens with zero attached hydrogens (tertiary/aromatic N) is 1. The van der Waals surface area contributed by atoms with Crippen molar-refractivity contribution in [1.82, 2.24) is 4.90 Å². The summed E-state index contributed by atoms with van der Waals surface area (Å²) in [7, 11) is 0. The van der Waals surface area contributed by atoms with Crippen LogP contribution in [0.1, 0.15) is 27.2 Å². The molecule has 2 unspecified atom stereocenters. The van der Waals surface area contributed by atoms with E-state index >= 15 is 0 Å². The molecule has 0 bridgehead atoms. The SMILES string of the molecule is CC(O)C1CCN(C(=O)[C@@H](N)C(C)C)C1. The van der Waals surface area contributed by atoms with Gasteiger partial charge in [0.1, 0.15) is 0 Å². The maximum atomic E-state index is 11.9. The summed E-state index contributed by atoms with van der Waals surface area (Å²) in [6.45, 7) is 7.06. The molecule has 0 aliphatic carbocycles. The molecule has 1 aliphatic rings. The summed E-state index contributed by atoms with van der Waals surface area (Å²) in [6.07, 6.45) is 0.548. The van der Waals surface area contributed by atoms with E-state index in [1.165, 1.54) is 0 Å². The topological polar surface area (TPSA) is 66.6 Å². The molecule has 0 aromatic heterocycles. The number of hydrogen-bond acceptors (Lipinski definition) is 3. The fraction of sp³-hybridized carbons (Fsp3) is 0.909. The molecule has 1 heterocycles. The normalized spacial score (nSPS) is 25.7. The Morgan fingerprint density at radius 2 is 2.07 bits per heavy atom. The zero-order valence-electron chi connectivity index (χ0n) is 9.81. The first-order valence-corrected chi connectivity index (χ1v) is 5.66. The highest BCUT2D eigenvalue weighted by atomic mass is 16.3. The van der Waals surface area contributed by atoms with Crippen molar-refractivity contribution >= 4 is 5.91 Å². The summed E-state index contributed by atoms with van der Waals surface area (Å²) in [5.41, 5.74) is 5.81. The predicted octanol–water partition coefficient (Wildman–Crippen LogP) is 0.199. The van der Waals surface area contributed by atoms with Crippen molar-refractivity contribution in [3.05, 3.63) is 0 Å². The highest BCUT2D eigenvalue weighted by Crippen LogP contribution is 2.20. The lowest BCUT2D eigenvalue weighted by Crippen LogP contribution is -2.45. The van der Waals surface area contributed by atoms with Crippen LogP contribution in [0.25, 0.3) is 0 Å². The van der Waals surface area contributed by atoms with E-state index in [9.17, 15) is 9.90 Å². The number of aliphatic hydroxyl groups is 1. The molecule has 0 spiro atoms. The van der Waals surface area contributed by atoms with E-state index in [4.69, 9.17) is 5.73 Å². The van der Waals surface area contributed by atoms with Gasteiger partial charge >= 0.3 is 0 Å². The van der Waals surface area contributed by atoms with Crippen LogP contribution in [-0.4, -0.2) is 41.1 Å². The molecule has 1 aliphatic heterocycles. The molecule has 1 fully saturated rings. The summed E-state index contributed by atoms with van der Waals surface area (Å²) in [6, 6.07) is -0.405. The van der Waals surface area contributed by atoms with Crippen LogP contribution in [0.2, 0.25) is 0 Å². The molecular formula is C11H22N2O2. The van der Waals surface area contributed by atoms with Crippen LogP contribution >= 0.6 is 0 Å². The van der Waals surface area contributed by atoms with Gasteiger partial charge in [0.05, 0.1) is 12.1 Å². The third-order valence-corrected chi connectivity index (χ3v) is 3.22. The van der Waals surface area contributed by atoms with Crippen molar-refractivity contribution in [2.45, 2.75) is 39.3 Å². The van der Waals surface area contributed by atoms with Crippen LogP contribution in [0, 0.1) is 11.8 Å². The van der Waals surface area contributed by atoms with E-state index in [1.807, 2.05) is 13.8 Å². The van der Waals surface area contributed by atoms with E-state index in [0.717, 1.165) is 13.0 Å². The van der Waals surface area contributed by atoms with Gasteiger partial charge in [-0.1, -0.05) is 13.8 Å². The molecule has 0 radical (unpaired) electrons. The average molecular weight is 214 g/mol. The van der Waals surface area contributed by atoms with Crippen LogP contribution in [0.15, 0.2) is 0 Å². The molecule has 4 heteroatoms. The number of aliphatic hydroxyl groups excluding tert-OH is 1. The summed E-state index contributed by atoms with van der Waals surface area (Å²) in [5, 5.41) is 9.43. The lowest BCUT2D eigenvalue weighted by atomic mass is 10.0. The zero-order valence-corrected chi connectivity index (χ0v) is 9.81. The number of amides is 1. The van der Waals surface area contributed by atoms with Gasteiger partial charge in [-0.2, -0.15) is 0 Å². The molecule has 4 nitrogen and oxygen atoms in total. The van der Waals surface area contributed by atoms with Crippen molar-refractivity contribution in [2.24, 2.45) is 17.6 Å². The van der Waals surface area contributed by atoms with Crippen molar-refractivity contribution in [3.8, 4) is 0 Å². The van der Waals surface area contributed by atoms with Gasteiger partial charge in [0.25, 0.3) is 0 Å². The molecule has 1 amide bonds. The predicted molar refractivity (Wildman–Crippen MR) is 59.2 cm³/mol. The van der Waals surface area contributed by atoms with E-state index in [1.54, 1.807) is 11.8 Å². The number of hydrogen-bond donors (Lipinski definition) is 2. The molecule has 0 aromatic rings. The molecular weight excluding hydrogens is 192 g/mol. The van der Waals surface area contributed by atoms with Gasteiger partial charge in [-0.15, -0.1) is 0 Å². The summed E-state index contributed by atoms with van der Waals surface area (Å²) in [4.78, 5) is 13.7. The van der Waals surface area contributed by atoms with Gasteiger partial charge in [-0.25, -0.2) is 0 Å². The van der Waals surface area contributed by atoms with Crippen LogP contribution in [-0.2, 0) is 4.79 Å². The van der Waals surface area contributed by atoms with Crippen molar-refractivity contribution in [2.75, 3.05) is 13.1 Å². The van der Waals surface area contributed by atoms with Gasteiger partial charge < -0.3 is 15.7 Å². The van der Waals surface area contributed by atoms with Crippen LogP contribution in [0.5, 0.6) is 0 Å². The third kappa shape index (κ3) is 2.92. The Balaban J connectivity index is 2.50. The minimum Gasteiger partial charge on any atom is -0.393 e. The van der Waals surface area contributed by atoms with Gasteiger partial charge in [0.15, 0.2) is 0 Å². The molecule has 88 valence electrons. The number of likely N-dealkylation sites (tertiary alicyclic amines) is 1. The quantitative estimate of drug-likeness (QED) is 0.705. The third-order valence-electron chi connectivity index (χ3n) is 3.22. The van der Waals surface area contributed by atoms with Gasteiger partial charge in [0.2, 0.25) is 5.91 Å². The molecule has 3 N–H and O–H groups in total. The number of carbonyl (C=O) groups excluding carboxylic acids is 1. The van der Waals surface area contributed by atoms with Crippen LogP contribution < -0.4 is 5.73 Å². The van der Waals surface area contributed by atoms with Crippen molar-refractivity contribution < 1.29 is 9.90 Å². The van der Waals surface area contributed by atoms with Crippen LogP contribution in [0.3, 0.4) is 0 Å². The first-order chi connectivity index (χ1) is 6.93. The molecule has 3 atom stereocenters. The molecule has 1 saturated heterocycles. The fourth-order valence-electron chi connectivity index (χ4n) is 1.88. The van der Waals surface area contributed by atoms with Gasteiger partial charge in [-0.3, -0.25) is 4.79 Å². The number of nitrogens with two attached hydrogens (primary N) is 1. The first kappa shape index (κ1) is 12.5. The smallest absolute Gasteiger partial charge is 0.239 e. The number of carbonyl (C=O) groups is 1. The highest BCUT2D eigenvalue weighted by Gasteiger charge is 2.32. The van der Waals surface area contributed by atoms with Crippen LogP contribution in [0.4, 0.5) is 0 Å². The monoisotopic (exact) mass is 214 g/mol. The van der Waals surface area contributed by atoms with Crippen molar-refractivity contribution in [1.29, 1.82) is 0 Å². The molecule has 0 saturated carbocycles. The van der Waals surface area contributed by atoms with Gasteiger partial charge in [-0.05, 0) is 19.3 Å². The maximum Gasteiger partial charge on any atom is 0.239 e. The Kier molecular flexibility index (Phi) is 4.11. The Bertz CT molecular complexity index is 229. The summed E-state index contributed by atoms with van der Waals surface area (Å²) < 4.78 is 0. The van der Waals surface area contributed by atoms with Crippen molar-refractivity contribution in [3.63, 3.8) is 0 Å². The Labute approximate surface area is 91.4 Å². The Morgan fingerprint density at radius 1 is 1.47 bits per heavy atom. The molecule has 0 aromatic carbocycles. The lowest BCUT2D eigenvalue weighted by Gasteiger charge is -2.23. The molecule has 1 rings (SSSR count). The van der Waals surface area contributed by atoms with Gasteiger partial charge in [0, 0.05) is 19.0 Å². The fourth-order valence-corrected chi connectivity index (χ4v) is 1.88. The molecule has 15 heavy (non-hydrogen) atoms. The second kappa shape index (κ2) is 4.94. The average Bonchev–Trinajstić information content (AvgIpc) is 2.64. The summed E-state index contributed by atoms with van der Waals surface area (Å²) in [5.74, 6) is 0.407. The minimum absolute atomic E-state index is 0.0214. The Morgan fingerprint density at radius 3 is 2.47 bits per heavy atom. The van der Waals surface area contributed by atoms with E-state index in [-0.39, 0.29) is 23.8 Å². The second-order valence-corrected chi connectivity index (χ2v) is 4.84. The standard InChI is InChI=1S/C11H22N2O2/c1-7(2)10(12)11(15)13-5-4-9(6-13)8(3)14/h7-10,14H,4-6,12H2,1-3H3/t8?,9?,10-/m0/s1. The highest BCUT2D eigenvalue weighted by molar-refractivity contribution is 5.82. The largest absolute Gasteiger partial charge is 0.393 e. The minimum atomic E-state index is -0.405.